The fourth-order valence-corrected chi connectivity index (χ4v) is 9.66. The summed E-state index contributed by atoms with van der Waals surface area (Å²) in [5, 5.41) is 9.38. The van der Waals surface area contributed by atoms with Gasteiger partial charge in [0.2, 0.25) is 0 Å². The first-order valence-corrected chi connectivity index (χ1v) is 19.8. The van der Waals surface area contributed by atoms with Gasteiger partial charge in [0, 0.05) is 54.5 Å². The van der Waals surface area contributed by atoms with Gasteiger partial charge < -0.3 is 18.0 Å². The Bertz CT molecular complexity index is 3760. The van der Waals surface area contributed by atoms with Gasteiger partial charge in [-0.15, -0.1) is 0 Å². The molecule has 4 aromatic heterocycles. The third kappa shape index (κ3) is 4.40. The van der Waals surface area contributed by atoms with E-state index in [1.807, 2.05) is 18.2 Å². The molecule has 4 nitrogen and oxygen atoms in total. The summed E-state index contributed by atoms with van der Waals surface area (Å²) >= 11 is 0. The Labute approximate surface area is 332 Å². The van der Waals surface area contributed by atoms with Gasteiger partial charge in [-0.2, -0.15) is 0 Å². The number of nitrogens with zero attached hydrogens (tertiary/aromatic N) is 2. The van der Waals surface area contributed by atoms with Crippen LogP contribution < -0.4 is 0 Å². The van der Waals surface area contributed by atoms with Crippen LogP contribution in [0.15, 0.2) is 203 Å². The van der Waals surface area contributed by atoms with Crippen molar-refractivity contribution < 1.29 is 8.83 Å². The summed E-state index contributed by atoms with van der Waals surface area (Å²) in [7, 11) is 0. The molecule has 4 heteroatoms. The highest BCUT2D eigenvalue weighted by Crippen LogP contribution is 2.43. The van der Waals surface area contributed by atoms with E-state index < -0.39 is 0 Å². The lowest BCUT2D eigenvalue weighted by molar-refractivity contribution is 0.668. The molecular weight excluding hydrogens is 709 g/mol. The molecule has 58 heavy (non-hydrogen) atoms. The average molecular weight is 741 g/mol. The van der Waals surface area contributed by atoms with Crippen LogP contribution in [0.25, 0.3) is 121 Å². The third-order valence-corrected chi connectivity index (χ3v) is 12.1. The fraction of sp³-hybridized carbons (Fsp3) is 0. The number of fused-ring (bicyclic) bond motifs is 12. The molecule has 0 spiro atoms. The van der Waals surface area contributed by atoms with Crippen molar-refractivity contribution in [1.29, 1.82) is 0 Å². The van der Waals surface area contributed by atoms with Gasteiger partial charge in [0.15, 0.2) is 0 Å². The van der Waals surface area contributed by atoms with E-state index in [1.165, 1.54) is 32.6 Å². The van der Waals surface area contributed by atoms with Crippen molar-refractivity contribution >= 4 is 87.5 Å². The van der Waals surface area contributed by atoms with Gasteiger partial charge in [-0.1, -0.05) is 121 Å². The number of hydrogen-bond donors (Lipinski definition) is 0. The predicted octanol–water partition coefficient (Wildman–Crippen LogP) is 15.0. The fourth-order valence-electron chi connectivity index (χ4n) is 9.66. The maximum atomic E-state index is 6.43. The second-order valence-corrected chi connectivity index (χ2v) is 15.2. The Morgan fingerprint density at radius 1 is 0.276 bits per heavy atom. The Balaban J connectivity index is 1.11. The normalized spacial score (nSPS) is 12.1. The van der Waals surface area contributed by atoms with Gasteiger partial charge in [-0.25, -0.2) is 0 Å². The molecule has 13 rings (SSSR count). The van der Waals surface area contributed by atoms with Crippen molar-refractivity contribution in [2.24, 2.45) is 0 Å². The highest BCUT2D eigenvalue weighted by molar-refractivity contribution is 6.16. The zero-order chi connectivity index (χ0) is 37.9. The molecule has 0 bridgehead atoms. The van der Waals surface area contributed by atoms with Crippen LogP contribution in [-0.2, 0) is 0 Å². The number of furan rings is 2. The highest BCUT2D eigenvalue weighted by atomic mass is 16.3. The minimum absolute atomic E-state index is 0.882. The highest BCUT2D eigenvalue weighted by Gasteiger charge is 2.20. The second kappa shape index (κ2) is 11.8. The van der Waals surface area contributed by atoms with Crippen molar-refractivity contribution in [1.82, 2.24) is 9.13 Å². The minimum Gasteiger partial charge on any atom is -0.456 e. The average Bonchev–Trinajstić information content (AvgIpc) is 4.04. The smallest absolute Gasteiger partial charge is 0.136 e. The Morgan fingerprint density at radius 3 is 1.22 bits per heavy atom. The topological polar surface area (TPSA) is 36.1 Å². The lowest BCUT2D eigenvalue weighted by Crippen LogP contribution is -2.00. The first-order valence-electron chi connectivity index (χ1n) is 19.8. The van der Waals surface area contributed by atoms with Crippen molar-refractivity contribution in [3.8, 4) is 33.6 Å². The second-order valence-electron chi connectivity index (χ2n) is 15.2. The summed E-state index contributed by atoms with van der Waals surface area (Å²) in [5.41, 5.74) is 15.0. The largest absolute Gasteiger partial charge is 0.456 e. The van der Waals surface area contributed by atoms with Gasteiger partial charge in [0.05, 0.1) is 22.1 Å². The standard InChI is InChI=1S/C54H32N2O2/c1-6-20-45-39(13-1)40-14-2-7-21-46(40)55(45)35-29-34(38-19-12-26-52-54(38)43-17-5-10-24-50(43)58-52)30-36(32-35)56-47-22-8-3-15-41(47)44-31-33(27-28-48(44)56)37-18-11-25-51-53(37)42-16-4-9-23-49(42)57-51/h1-32H. The number of hydrogen-bond acceptors (Lipinski definition) is 2. The van der Waals surface area contributed by atoms with Crippen molar-refractivity contribution in [3.63, 3.8) is 0 Å². The molecule has 0 aliphatic carbocycles. The molecule has 0 radical (unpaired) electrons. The minimum atomic E-state index is 0.882. The van der Waals surface area contributed by atoms with E-state index in [2.05, 4.69) is 185 Å². The van der Waals surface area contributed by atoms with Crippen LogP contribution in [0.3, 0.4) is 0 Å². The van der Waals surface area contributed by atoms with E-state index in [9.17, 15) is 0 Å². The van der Waals surface area contributed by atoms with E-state index in [0.29, 0.717) is 0 Å². The molecule has 0 saturated heterocycles. The molecule has 4 heterocycles. The monoisotopic (exact) mass is 740 g/mol. The van der Waals surface area contributed by atoms with Crippen LogP contribution in [0.2, 0.25) is 0 Å². The SMILES string of the molecule is c1ccc2c(c1)oc1cccc(-c3cc(-n4c5ccccc5c5ccccc54)cc(-n4c5ccccc5c5cc(-c6cccc7oc8ccccc8c67)ccc54)c3)c12. The number of rotatable bonds is 4. The Hall–Kier alpha value is -7.82. The van der Waals surface area contributed by atoms with Gasteiger partial charge in [0.1, 0.15) is 22.3 Å². The van der Waals surface area contributed by atoms with Crippen LogP contribution in [0.4, 0.5) is 0 Å². The van der Waals surface area contributed by atoms with Gasteiger partial charge >= 0.3 is 0 Å². The summed E-state index contributed by atoms with van der Waals surface area (Å²) in [5.74, 6) is 0. The van der Waals surface area contributed by atoms with Gasteiger partial charge in [-0.05, 0) is 95.1 Å². The zero-order valence-electron chi connectivity index (χ0n) is 31.2. The molecule has 9 aromatic carbocycles. The van der Waals surface area contributed by atoms with E-state index in [4.69, 9.17) is 8.83 Å². The maximum Gasteiger partial charge on any atom is 0.136 e. The van der Waals surface area contributed by atoms with Crippen LogP contribution in [-0.4, -0.2) is 9.13 Å². The molecule has 0 aliphatic rings. The predicted molar refractivity (Wildman–Crippen MR) is 241 cm³/mol. The van der Waals surface area contributed by atoms with Gasteiger partial charge in [0.25, 0.3) is 0 Å². The number of benzene rings is 9. The third-order valence-electron chi connectivity index (χ3n) is 12.1. The lowest BCUT2D eigenvalue weighted by Gasteiger charge is -2.16. The lowest BCUT2D eigenvalue weighted by atomic mass is 9.97. The Kier molecular flexibility index (Phi) is 6.41. The molecular formula is C54H32N2O2. The summed E-state index contributed by atoms with van der Waals surface area (Å²) in [6.07, 6.45) is 0. The van der Waals surface area contributed by atoms with Crippen LogP contribution in [0, 0.1) is 0 Å². The van der Waals surface area contributed by atoms with E-state index in [-0.39, 0.29) is 0 Å². The molecule has 0 unspecified atom stereocenters. The number of para-hydroxylation sites is 5. The molecule has 0 amide bonds. The number of aromatic nitrogens is 2. The molecule has 0 fully saturated rings. The first-order chi connectivity index (χ1) is 28.8. The first kappa shape index (κ1) is 31.4. The molecule has 0 aliphatic heterocycles. The van der Waals surface area contributed by atoms with Crippen molar-refractivity contribution in [2.75, 3.05) is 0 Å². The van der Waals surface area contributed by atoms with E-state index >= 15 is 0 Å². The quantitative estimate of drug-likeness (QED) is 0.180. The Morgan fingerprint density at radius 2 is 0.690 bits per heavy atom. The van der Waals surface area contributed by atoms with E-state index in [1.54, 1.807) is 0 Å². The summed E-state index contributed by atoms with van der Waals surface area (Å²) in [6.45, 7) is 0. The molecule has 13 aromatic rings. The van der Waals surface area contributed by atoms with Crippen LogP contribution >= 0.6 is 0 Å². The van der Waals surface area contributed by atoms with Gasteiger partial charge in [-0.3, -0.25) is 0 Å². The molecule has 0 atom stereocenters. The van der Waals surface area contributed by atoms with E-state index in [0.717, 1.165) is 88.5 Å². The summed E-state index contributed by atoms with van der Waals surface area (Å²) in [4.78, 5) is 0. The summed E-state index contributed by atoms with van der Waals surface area (Å²) in [6, 6.07) is 69.7. The van der Waals surface area contributed by atoms with Crippen molar-refractivity contribution in [3.05, 3.63) is 194 Å². The summed E-state index contributed by atoms with van der Waals surface area (Å²) < 4.78 is 17.6. The maximum absolute atomic E-state index is 6.43. The van der Waals surface area contributed by atoms with Crippen molar-refractivity contribution in [2.45, 2.75) is 0 Å². The van der Waals surface area contributed by atoms with Crippen LogP contribution in [0.5, 0.6) is 0 Å². The molecule has 270 valence electrons. The van der Waals surface area contributed by atoms with Crippen LogP contribution in [0.1, 0.15) is 0 Å². The zero-order valence-corrected chi connectivity index (χ0v) is 31.2. The molecule has 0 N–H and O–H groups in total. The molecule has 0 saturated carbocycles.